The Morgan fingerprint density at radius 3 is 2.31 bits per heavy atom. The van der Waals surface area contributed by atoms with Gasteiger partial charge in [-0.05, 0) is 18.1 Å². The standard InChI is InChI=1S/C19H20FNO5/c1-25-16-9-14(15(20)10-17(16)26-2)18(22)21-11-13(19(23)24)8-12-6-4-3-5-7-12/h3-7,9-10,13H,8,11H2,1-2H3,(H,21,22)(H,23,24). The third-order valence-electron chi connectivity index (χ3n) is 3.90. The normalized spacial score (nSPS) is 11.5. The summed E-state index contributed by atoms with van der Waals surface area (Å²) in [5.41, 5.74) is 0.595. The summed E-state index contributed by atoms with van der Waals surface area (Å²) in [4.78, 5) is 23.7. The second kappa shape index (κ2) is 8.84. The third kappa shape index (κ3) is 4.72. The number of carbonyl (C=O) groups excluding carboxylic acids is 1. The summed E-state index contributed by atoms with van der Waals surface area (Å²) >= 11 is 0. The van der Waals surface area contributed by atoms with Crippen molar-refractivity contribution in [1.29, 1.82) is 0 Å². The zero-order chi connectivity index (χ0) is 19.1. The fourth-order valence-corrected chi connectivity index (χ4v) is 2.48. The number of carboxylic acids is 1. The number of hydrogen-bond acceptors (Lipinski definition) is 4. The molecule has 1 atom stereocenters. The molecule has 0 fully saturated rings. The molecule has 0 saturated carbocycles. The Kier molecular flexibility index (Phi) is 6.54. The smallest absolute Gasteiger partial charge is 0.308 e. The van der Waals surface area contributed by atoms with Crippen molar-refractivity contribution in [2.75, 3.05) is 20.8 Å². The van der Waals surface area contributed by atoms with Gasteiger partial charge in [-0.1, -0.05) is 30.3 Å². The number of rotatable bonds is 8. The average Bonchev–Trinajstić information content (AvgIpc) is 2.65. The van der Waals surface area contributed by atoms with Gasteiger partial charge in [0.1, 0.15) is 5.82 Å². The molecule has 6 nitrogen and oxygen atoms in total. The lowest BCUT2D eigenvalue weighted by Crippen LogP contribution is -2.34. The van der Waals surface area contributed by atoms with Crippen LogP contribution in [0.2, 0.25) is 0 Å². The Morgan fingerprint density at radius 2 is 1.73 bits per heavy atom. The number of benzene rings is 2. The first kappa shape index (κ1) is 19.2. The Bertz CT molecular complexity index is 779. The van der Waals surface area contributed by atoms with Crippen LogP contribution >= 0.6 is 0 Å². The molecule has 0 saturated heterocycles. The molecule has 26 heavy (non-hydrogen) atoms. The van der Waals surface area contributed by atoms with E-state index >= 15 is 0 Å². The minimum Gasteiger partial charge on any atom is -0.493 e. The fraction of sp³-hybridized carbons (Fsp3) is 0.263. The second-order valence-corrected chi connectivity index (χ2v) is 5.62. The first-order valence-electron chi connectivity index (χ1n) is 7.92. The molecule has 2 aromatic carbocycles. The summed E-state index contributed by atoms with van der Waals surface area (Å²) in [6, 6.07) is 11.3. The van der Waals surface area contributed by atoms with E-state index in [4.69, 9.17) is 9.47 Å². The molecular weight excluding hydrogens is 341 g/mol. The van der Waals surface area contributed by atoms with E-state index in [1.165, 1.54) is 20.3 Å². The van der Waals surface area contributed by atoms with Crippen molar-refractivity contribution in [3.8, 4) is 11.5 Å². The number of methoxy groups -OCH3 is 2. The first-order valence-corrected chi connectivity index (χ1v) is 7.92. The molecule has 0 spiro atoms. The van der Waals surface area contributed by atoms with Gasteiger partial charge >= 0.3 is 5.97 Å². The molecule has 138 valence electrons. The molecule has 2 aromatic rings. The van der Waals surface area contributed by atoms with Gasteiger partial charge in [0.25, 0.3) is 5.91 Å². The van der Waals surface area contributed by atoms with Gasteiger partial charge in [-0.15, -0.1) is 0 Å². The fourth-order valence-electron chi connectivity index (χ4n) is 2.48. The van der Waals surface area contributed by atoms with E-state index in [1.807, 2.05) is 30.3 Å². The molecule has 0 aromatic heterocycles. The van der Waals surface area contributed by atoms with Crippen molar-refractivity contribution in [1.82, 2.24) is 5.32 Å². The molecule has 7 heteroatoms. The van der Waals surface area contributed by atoms with E-state index in [-0.39, 0.29) is 30.0 Å². The molecule has 0 aliphatic rings. The zero-order valence-electron chi connectivity index (χ0n) is 14.5. The van der Waals surface area contributed by atoms with Crippen molar-refractivity contribution in [3.05, 3.63) is 59.4 Å². The van der Waals surface area contributed by atoms with Gasteiger partial charge in [-0.3, -0.25) is 9.59 Å². The summed E-state index contributed by atoms with van der Waals surface area (Å²) in [7, 11) is 2.73. The number of carboxylic acid groups (broad SMARTS) is 1. The van der Waals surface area contributed by atoms with Crippen LogP contribution in [0, 0.1) is 11.7 Å². The van der Waals surface area contributed by atoms with Crippen molar-refractivity contribution in [2.24, 2.45) is 5.92 Å². The lowest BCUT2D eigenvalue weighted by molar-refractivity contribution is -0.141. The maximum Gasteiger partial charge on any atom is 0.308 e. The maximum absolute atomic E-state index is 14.1. The van der Waals surface area contributed by atoms with E-state index in [1.54, 1.807) is 0 Å². The maximum atomic E-state index is 14.1. The van der Waals surface area contributed by atoms with Crippen molar-refractivity contribution < 1.29 is 28.6 Å². The lowest BCUT2D eigenvalue weighted by Gasteiger charge is -2.15. The number of ether oxygens (including phenoxy) is 2. The van der Waals surface area contributed by atoms with Gasteiger partial charge in [0, 0.05) is 12.6 Å². The van der Waals surface area contributed by atoms with E-state index in [0.29, 0.717) is 0 Å². The summed E-state index contributed by atoms with van der Waals surface area (Å²) in [6.45, 7) is -0.128. The quantitative estimate of drug-likeness (QED) is 0.755. The van der Waals surface area contributed by atoms with Gasteiger partial charge < -0.3 is 19.9 Å². The van der Waals surface area contributed by atoms with E-state index in [9.17, 15) is 19.1 Å². The summed E-state index contributed by atoms with van der Waals surface area (Å²) in [6.07, 6.45) is 0.255. The molecule has 2 rings (SSSR count). The van der Waals surface area contributed by atoms with Crippen LogP contribution in [0.15, 0.2) is 42.5 Å². The van der Waals surface area contributed by atoms with Gasteiger partial charge in [-0.25, -0.2) is 4.39 Å². The Hall–Kier alpha value is -3.09. The highest BCUT2D eigenvalue weighted by molar-refractivity contribution is 5.95. The van der Waals surface area contributed by atoms with Crippen molar-refractivity contribution >= 4 is 11.9 Å². The van der Waals surface area contributed by atoms with E-state index in [2.05, 4.69) is 5.32 Å². The highest BCUT2D eigenvalue weighted by atomic mass is 19.1. The molecule has 1 amide bonds. The second-order valence-electron chi connectivity index (χ2n) is 5.62. The number of aliphatic carboxylic acids is 1. The van der Waals surface area contributed by atoms with Crippen molar-refractivity contribution in [2.45, 2.75) is 6.42 Å². The van der Waals surface area contributed by atoms with Gasteiger partial charge in [0.05, 0.1) is 25.7 Å². The highest BCUT2D eigenvalue weighted by Crippen LogP contribution is 2.29. The van der Waals surface area contributed by atoms with Gasteiger partial charge in [0.2, 0.25) is 0 Å². The zero-order valence-corrected chi connectivity index (χ0v) is 14.5. The van der Waals surface area contributed by atoms with Crippen LogP contribution in [-0.4, -0.2) is 37.7 Å². The van der Waals surface area contributed by atoms with Crippen LogP contribution in [0.4, 0.5) is 4.39 Å². The molecule has 0 aliphatic heterocycles. The Balaban J connectivity index is 2.09. The molecular formula is C19H20FNO5. The van der Waals surface area contributed by atoms with Gasteiger partial charge in [0.15, 0.2) is 11.5 Å². The largest absolute Gasteiger partial charge is 0.493 e. The van der Waals surface area contributed by atoms with Crippen molar-refractivity contribution in [3.63, 3.8) is 0 Å². The predicted octanol–water partition coefficient (Wildman–Crippen LogP) is 2.52. The molecule has 0 radical (unpaired) electrons. The Labute approximate surface area is 150 Å². The molecule has 1 unspecified atom stereocenters. The Morgan fingerprint density at radius 1 is 1.12 bits per heavy atom. The average molecular weight is 361 g/mol. The topological polar surface area (TPSA) is 84.9 Å². The van der Waals surface area contributed by atoms with Crippen LogP contribution in [0.1, 0.15) is 15.9 Å². The number of halogens is 1. The first-order chi connectivity index (χ1) is 12.5. The summed E-state index contributed by atoms with van der Waals surface area (Å²) < 4.78 is 24.2. The lowest BCUT2D eigenvalue weighted by atomic mass is 9.99. The van der Waals surface area contributed by atoms with Crippen LogP contribution in [0.5, 0.6) is 11.5 Å². The van der Waals surface area contributed by atoms with Crippen LogP contribution in [-0.2, 0) is 11.2 Å². The highest BCUT2D eigenvalue weighted by Gasteiger charge is 2.22. The molecule has 2 N–H and O–H groups in total. The van der Waals surface area contributed by atoms with Gasteiger partial charge in [-0.2, -0.15) is 0 Å². The minimum absolute atomic E-state index is 0.128. The third-order valence-corrected chi connectivity index (χ3v) is 3.90. The SMILES string of the molecule is COc1cc(F)c(C(=O)NCC(Cc2ccccc2)C(=O)O)cc1OC. The predicted molar refractivity (Wildman–Crippen MR) is 93.1 cm³/mol. The monoisotopic (exact) mass is 361 g/mol. The number of hydrogen-bond donors (Lipinski definition) is 2. The number of carbonyl (C=O) groups is 2. The summed E-state index contributed by atoms with van der Waals surface area (Å²) in [5.74, 6) is -3.00. The minimum atomic E-state index is -1.04. The van der Waals surface area contributed by atoms with Crippen LogP contribution < -0.4 is 14.8 Å². The van der Waals surface area contributed by atoms with E-state index in [0.717, 1.165) is 11.6 Å². The number of amides is 1. The number of nitrogens with one attached hydrogen (secondary N) is 1. The molecule has 0 aliphatic carbocycles. The van der Waals surface area contributed by atoms with Crippen LogP contribution in [0.25, 0.3) is 0 Å². The molecule has 0 bridgehead atoms. The summed E-state index contributed by atoms with van der Waals surface area (Å²) in [5, 5.41) is 11.8. The van der Waals surface area contributed by atoms with E-state index < -0.39 is 23.6 Å². The molecule has 0 heterocycles. The van der Waals surface area contributed by atoms with Crippen LogP contribution in [0.3, 0.4) is 0 Å².